The number of carbonyl (C=O) groups is 3. The Morgan fingerprint density at radius 1 is 1.00 bits per heavy atom. The van der Waals surface area contributed by atoms with Gasteiger partial charge in [0.05, 0.1) is 17.6 Å². The largest absolute Gasteiger partial charge is 0.458 e. The zero-order valence-corrected chi connectivity index (χ0v) is 29.1. The second-order valence-corrected chi connectivity index (χ2v) is 15.3. The molecule has 0 aliphatic heterocycles. The van der Waals surface area contributed by atoms with Crippen LogP contribution in [-0.4, -0.2) is 63.1 Å². The Bertz CT molecular complexity index is 1450. The van der Waals surface area contributed by atoms with Crippen LogP contribution in [0.1, 0.15) is 116 Å². The van der Waals surface area contributed by atoms with E-state index in [-0.39, 0.29) is 35.7 Å². The molecule has 2 saturated carbocycles. The van der Waals surface area contributed by atoms with Crippen molar-refractivity contribution in [2.75, 3.05) is 6.61 Å². The Balaban J connectivity index is 1.40. The smallest absolute Gasteiger partial charge is 0.338 e. The standard InChI is InChI=1S/C39H53FO8/c1-6-7-8-9-10-11-12-13-14-15-30(42)48-38-22-25(3)37-21-24(2)34(47-35(45)26-16-18-28(40)19-17-26)39(37,46)32(43)27(23-41)20-29(33(37)44)31(38)36(38,4)5/h16-21,25,29,31-32,34,41,43,46H,6-15,22-23H2,1-5H3/t25-,29+,31-,32-,34+,37+,38+,39+/m1/s1. The van der Waals surface area contributed by atoms with Gasteiger partial charge in [-0.2, -0.15) is 0 Å². The van der Waals surface area contributed by atoms with E-state index < -0.39 is 70.4 Å². The first kappa shape index (κ1) is 36.4. The predicted molar refractivity (Wildman–Crippen MR) is 178 cm³/mol. The second kappa shape index (κ2) is 13.8. The third-order valence-corrected chi connectivity index (χ3v) is 12.1. The van der Waals surface area contributed by atoms with Gasteiger partial charge in [0.25, 0.3) is 0 Å². The molecule has 4 aliphatic rings. The summed E-state index contributed by atoms with van der Waals surface area (Å²) < 4.78 is 25.8. The minimum absolute atomic E-state index is 0.0359. The molecule has 4 aliphatic carbocycles. The van der Waals surface area contributed by atoms with Crippen LogP contribution in [0.4, 0.5) is 4.39 Å². The summed E-state index contributed by atoms with van der Waals surface area (Å²) in [7, 11) is 0. The summed E-state index contributed by atoms with van der Waals surface area (Å²) in [5, 5.41) is 35.0. The van der Waals surface area contributed by atoms with Crippen molar-refractivity contribution in [3.63, 3.8) is 0 Å². The molecule has 1 spiro atoms. The first-order valence-corrected chi connectivity index (χ1v) is 17.9. The summed E-state index contributed by atoms with van der Waals surface area (Å²) in [6.45, 7) is 8.95. The molecule has 5 rings (SSSR count). The molecule has 8 atom stereocenters. The Hall–Kier alpha value is -2.88. The summed E-state index contributed by atoms with van der Waals surface area (Å²) in [6.07, 6.45) is 10.6. The minimum atomic E-state index is -2.37. The van der Waals surface area contributed by atoms with Gasteiger partial charge in [-0.05, 0) is 61.1 Å². The van der Waals surface area contributed by atoms with E-state index in [1.54, 1.807) is 19.9 Å². The van der Waals surface area contributed by atoms with Crippen LogP contribution in [0.3, 0.4) is 0 Å². The number of Topliss-reactive ketones (excluding diaryl/α,β-unsaturated/α-hetero) is 1. The number of aliphatic hydroxyl groups is 3. The monoisotopic (exact) mass is 668 g/mol. The molecule has 9 heteroatoms. The highest BCUT2D eigenvalue weighted by Gasteiger charge is 2.83. The van der Waals surface area contributed by atoms with E-state index in [0.717, 1.165) is 37.8 Å². The number of halogens is 1. The van der Waals surface area contributed by atoms with Crippen LogP contribution in [0.2, 0.25) is 0 Å². The lowest BCUT2D eigenvalue weighted by molar-refractivity contribution is -0.192. The number of hydrogen-bond donors (Lipinski definition) is 3. The van der Waals surface area contributed by atoms with E-state index in [9.17, 15) is 34.1 Å². The normalized spacial score (nSPS) is 34.6. The van der Waals surface area contributed by atoms with Crippen molar-refractivity contribution in [1.82, 2.24) is 0 Å². The zero-order valence-electron chi connectivity index (χ0n) is 29.1. The van der Waals surface area contributed by atoms with E-state index in [1.807, 2.05) is 13.8 Å². The SMILES string of the molecule is CCCCCCCCCCCC(=O)O[C@@]12C[C@@H](C)[C@]34C=C(C)[C@H](OC(=O)c5ccc(F)cc5)[C@@]3(O)[C@H](O)C(CO)=C[C@H](C4=O)[C@@H]1C2(C)C. The van der Waals surface area contributed by atoms with Crippen molar-refractivity contribution in [3.8, 4) is 0 Å². The Labute approximate surface area is 283 Å². The maximum absolute atomic E-state index is 14.9. The number of aliphatic hydroxyl groups excluding tert-OH is 2. The molecule has 1 aromatic carbocycles. The number of benzene rings is 1. The number of fused-ring (bicyclic) bond motifs is 3. The lowest BCUT2D eigenvalue weighted by Crippen LogP contribution is -2.66. The lowest BCUT2D eigenvalue weighted by atomic mass is 9.59. The van der Waals surface area contributed by atoms with Crippen molar-refractivity contribution in [1.29, 1.82) is 0 Å². The number of ether oxygens (including phenoxy) is 2. The van der Waals surface area contributed by atoms with Crippen LogP contribution in [0.15, 0.2) is 47.6 Å². The maximum Gasteiger partial charge on any atom is 0.338 e. The second-order valence-electron chi connectivity index (χ2n) is 15.3. The minimum Gasteiger partial charge on any atom is -0.458 e. The quantitative estimate of drug-likeness (QED) is 0.118. The van der Waals surface area contributed by atoms with Gasteiger partial charge in [0.15, 0.2) is 17.5 Å². The topological polar surface area (TPSA) is 130 Å². The van der Waals surface area contributed by atoms with Gasteiger partial charge in [-0.25, -0.2) is 9.18 Å². The van der Waals surface area contributed by atoms with Crippen molar-refractivity contribution < 1.29 is 43.6 Å². The molecule has 2 bridgehead atoms. The van der Waals surface area contributed by atoms with Crippen molar-refractivity contribution in [2.45, 2.75) is 129 Å². The highest BCUT2D eigenvalue weighted by molar-refractivity contribution is 5.96. The number of allylic oxidation sites excluding steroid dienone is 1. The van der Waals surface area contributed by atoms with Crippen molar-refractivity contribution >= 4 is 17.7 Å². The number of carbonyl (C=O) groups excluding carboxylic acids is 3. The Morgan fingerprint density at radius 3 is 2.21 bits per heavy atom. The number of esters is 2. The van der Waals surface area contributed by atoms with E-state index in [1.165, 1.54) is 50.3 Å². The molecule has 0 unspecified atom stereocenters. The van der Waals surface area contributed by atoms with Gasteiger partial charge in [-0.15, -0.1) is 0 Å². The molecule has 0 aromatic heterocycles. The van der Waals surface area contributed by atoms with Gasteiger partial charge in [-0.3, -0.25) is 9.59 Å². The van der Waals surface area contributed by atoms with Gasteiger partial charge in [0.1, 0.15) is 17.5 Å². The summed E-state index contributed by atoms with van der Waals surface area (Å²) in [5.74, 6) is -4.07. The lowest BCUT2D eigenvalue weighted by Gasteiger charge is -2.49. The number of ketones is 1. The van der Waals surface area contributed by atoms with E-state index >= 15 is 0 Å². The average molecular weight is 669 g/mol. The zero-order chi connectivity index (χ0) is 35.1. The molecule has 3 N–H and O–H groups in total. The number of rotatable bonds is 14. The van der Waals surface area contributed by atoms with E-state index in [4.69, 9.17) is 9.47 Å². The summed E-state index contributed by atoms with van der Waals surface area (Å²) in [4.78, 5) is 41.6. The average Bonchev–Trinajstić information content (AvgIpc) is 3.44. The Morgan fingerprint density at radius 2 is 1.60 bits per heavy atom. The molecule has 2 fully saturated rings. The molecular formula is C39H53FO8. The first-order chi connectivity index (χ1) is 22.7. The third-order valence-electron chi connectivity index (χ3n) is 12.1. The van der Waals surface area contributed by atoms with E-state index in [2.05, 4.69) is 6.92 Å². The summed E-state index contributed by atoms with van der Waals surface area (Å²) in [5.41, 5.74) is -5.23. The third kappa shape index (κ3) is 5.77. The van der Waals surface area contributed by atoms with Crippen LogP contribution >= 0.6 is 0 Å². The molecule has 0 heterocycles. The molecule has 0 saturated heterocycles. The maximum atomic E-state index is 14.9. The van der Waals surface area contributed by atoms with Crippen LogP contribution in [0.25, 0.3) is 0 Å². The fourth-order valence-corrected chi connectivity index (χ4v) is 9.49. The first-order valence-electron chi connectivity index (χ1n) is 17.9. The van der Waals surface area contributed by atoms with E-state index in [0.29, 0.717) is 5.57 Å². The summed E-state index contributed by atoms with van der Waals surface area (Å²) >= 11 is 0. The molecule has 264 valence electrons. The molecule has 48 heavy (non-hydrogen) atoms. The fourth-order valence-electron chi connectivity index (χ4n) is 9.49. The highest BCUT2D eigenvalue weighted by atomic mass is 19.1. The van der Waals surface area contributed by atoms with Crippen LogP contribution in [0, 0.1) is 34.4 Å². The molecule has 8 nitrogen and oxygen atoms in total. The molecular weight excluding hydrogens is 615 g/mol. The van der Waals surface area contributed by atoms with Gasteiger partial charge >= 0.3 is 11.9 Å². The highest BCUT2D eigenvalue weighted by Crippen LogP contribution is 2.75. The van der Waals surface area contributed by atoms with Crippen LogP contribution in [0.5, 0.6) is 0 Å². The Kier molecular flexibility index (Phi) is 10.5. The van der Waals surface area contributed by atoms with Crippen molar-refractivity contribution in [2.24, 2.45) is 28.6 Å². The number of unbranched alkanes of at least 4 members (excludes halogenated alkanes) is 8. The number of hydrogen-bond acceptors (Lipinski definition) is 8. The predicted octanol–water partition coefficient (Wildman–Crippen LogP) is 6.41. The summed E-state index contributed by atoms with van der Waals surface area (Å²) in [6, 6.07) is 4.74. The fraction of sp³-hybridized carbons (Fsp3) is 0.667. The molecule has 0 amide bonds. The van der Waals surface area contributed by atoms with Gasteiger partial charge in [-0.1, -0.05) is 91.2 Å². The van der Waals surface area contributed by atoms with Gasteiger partial charge in [0, 0.05) is 23.7 Å². The molecule has 0 radical (unpaired) electrons. The van der Waals surface area contributed by atoms with Crippen LogP contribution in [-0.2, 0) is 19.1 Å². The molecule has 1 aromatic rings. The van der Waals surface area contributed by atoms with Gasteiger partial charge < -0.3 is 24.8 Å². The van der Waals surface area contributed by atoms with Crippen LogP contribution < -0.4 is 0 Å². The van der Waals surface area contributed by atoms with Crippen molar-refractivity contribution in [3.05, 3.63) is 58.9 Å². The van der Waals surface area contributed by atoms with Gasteiger partial charge in [0.2, 0.25) is 0 Å².